The molecule has 1 fully saturated rings. The highest BCUT2D eigenvalue weighted by Gasteiger charge is 2.28. The van der Waals surface area contributed by atoms with Gasteiger partial charge in [0.1, 0.15) is 0 Å². The second-order valence-corrected chi connectivity index (χ2v) is 5.90. The lowest BCUT2D eigenvalue weighted by Gasteiger charge is -2.31. The van der Waals surface area contributed by atoms with Crippen LogP contribution in [0.1, 0.15) is 12.5 Å². The molecule has 1 atom stereocenters. The minimum Gasteiger partial charge on any atom is -0.356 e. The predicted octanol–water partition coefficient (Wildman–Crippen LogP) is 2.93. The Balaban J connectivity index is 0.00000200. The molecule has 6 heteroatoms. The quantitative estimate of drug-likeness (QED) is 0.867. The zero-order valence-electron chi connectivity index (χ0n) is 11.3. The van der Waals surface area contributed by atoms with Crippen molar-refractivity contribution in [2.24, 2.45) is 11.8 Å². The van der Waals surface area contributed by atoms with Gasteiger partial charge in [-0.1, -0.05) is 30.1 Å². The zero-order valence-corrected chi connectivity index (χ0v) is 13.6. The van der Waals surface area contributed by atoms with E-state index in [1.54, 1.807) is 6.07 Å². The molecule has 2 N–H and O–H groups in total. The Hall–Kier alpha value is -0.480. The van der Waals surface area contributed by atoms with E-state index < -0.39 is 0 Å². The van der Waals surface area contributed by atoms with Crippen LogP contribution in [0.5, 0.6) is 0 Å². The summed E-state index contributed by atoms with van der Waals surface area (Å²) < 4.78 is 0. The van der Waals surface area contributed by atoms with E-state index in [2.05, 4.69) is 10.6 Å². The number of amides is 1. The highest BCUT2D eigenvalue weighted by atomic mass is 35.5. The first-order valence-corrected chi connectivity index (χ1v) is 7.25. The number of carbonyl (C=O) groups is 1. The van der Waals surface area contributed by atoms with Gasteiger partial charge in [-0.3, -0.25) is 4.79 Å². The van der Waals surface area contributed by atoms with Gasteiger partial charge in [-0.25, -0.2) is 0 Å². The average molecular weight is 338 g/mol. The van der Waals surface area contributed by atoms with Gasteiger partial charge >= 0.3 is 0 Å². The van der Waals surface area contributed by atoms with Crippen molar-refractivity contribution in [1.82, 2.24) is 10.6 Å². The molecule has 112 valence electrons. The van der Waals surface area contributed by atoms with Crippen molar-refractivity contribution >= 4 is 41.5 Å². The monoisotopic (exact) mass is 336 g/mol. The van der Waals surface area contributed by atoms with E-state index in [4.69, 9.17) is 23.2 Å². The van der Waals surface area contributed by atoms with Crippen molar-refractivity contribution in [1.29, 1.82) is 0 Å². The van der Waals surface area contributed by atoms with Gasteiger partial charge in [0.25, 0.3) is 0 Å². The summed E-state index contributed by atoms with van der Waals surface area (Å²) in [5.74, 6) is 0.671. The van der Waals surface area contributed by atoms with Gasteiger partial charge in [0.2, 0.25) is 5.91 Å². The van der Waals surface area contributed by atoms with Gasteiger partial charge in [-0.15, -0.1) is 12.4 Å². The van der Waals surface area contributed by atoms with E-state index in [1.165, 1.54) is 0 Å². The lowest BCUT2D eigenvalue weighted by atomic mass is 9.88. The van der Waals surface area contributed by atoms with Crippen LogP contribution in [0.3, 0.4) is 0 Å². The first kappa shape index (κ1) is 17.6. The van der Waals surface area contributed by atoms with Crippen molar-refractivity contribution in [3.05, 3.63) is 33.8 Å². The van der Waals surface area contributed by atoms with Crippen LogP contribution in [0.4, 0.5) is 0 Å². The van der Waals surface area contributed by atoms with Crippen LogP contribution in [0.25, 0.3) is 0 Å². The number of rotatable bonds is 5. The Bertz CT molecular complexity index is 443. The molecule has 1 aliphatic rings. The van der Waals surface area contributed by atoms with Gasteiger partial charge < -0.3 is 10.6 Å². The zero-order chi connectivity index (χ0) is 13.8. The lowest BCUT2D eigenvalue weighted by molar-refractivity contribution is -0.126. The minimum absolute atomic E-state index is 0. The smallest absolute Gasteiger partial charge is 0.223 e. The van der Waals surface area contributed by atoms with Gasteiger partial charge in [-0.05, 0) is 49.2 Å². The molecule has 0 aliphatic carbocycles. The Labute approximate surface area is 135 Å². The second kappa shape index (κ2) is 8.08. The molecule has 0 aromatic heterocycles. The van der Waals surface area contributed by atoms with Crippen molar-refractivity contribution in [2.75, 3.05) is 19.6 Å². The maximum Gasteiger partial charge on any atom is 0.223 e. The molecule has 1 amide bonds. The summed E-state index contributed by atoms with van der Waals surface area (Å²) in [6.07, 6.45) is 0.738. The first-order chi connectivity index (χ1) is 9.06. The van der Waals surface area contributed by atoms with E-state index in [-0.39, 0.29) is 24.2 Å². The van der Waals surface area contributed by atoms with Gasteiger partial charge in [0.15, 0.2) is 0 Å². The largest absolute Gasteiger partial charge is 0.356 e. The van der Waals surface area contributed by atoms with Crippen LogP contribution in [-0.4, -0.2) is 25.5 Å². The Morgan fingerprint density at radius 2 is 1.95 bits per heavy atom. The molecule has 1 saturated heterocycles. The molecule has 2 rings (SSSR count). The van der Waals surface area contributed by atoms with Crippen molar-refractivity contribution in [3.8, 4) is 0 Å². The molecule has 1 aromatic carbocycles. The minimum atomic E-state index is 0. The predicted molar refractivity (Wildman–Crippen MR) is 85.9 cm³/mol. The third-order valence-electron chi connectivity index (χ3n) is 3.57. The van der Waals surface area contributed by atoms with Crippen LogP contribution in [-0.2, 0) is 11.2 Å². The Morgan fingerprint density at radius 3 is 2.45 bits per heavy atom. The standard InChI is InChI=1S/C14H18Cl2N2O.ClH/c1-9(11-7-17-8-11)14(19)18-3-2-10-4-12(15)6-13(16)5-10;/h4-6,9,11,17H,2-3,7-8H2,1H3,(H,18,19);1H. The van der Waals surface area contributed by atoms with E-state index >= 15 is 0 Å². The molecule has 1 aromatic rings. The Kier molecular flexibility index (Phi) is 7.10. The van der Waals surface area contributed by atoms with Crippen molar-refractivity contribution < 1.29 is 4.79 Å². The molecule has 0 radical (unpaired) electrons. The molecule has 3 nitrogen and oxygen atoms in total. The normalized spacial score (nSPS) is 15.9. The highest BCUT2D eigenvalue weighted by Crippen LogP contribution is 2.19. The topological polar surface area (TPSA) is 41.1 Å². The van der Waals surface area contributed by atoms with Crippen LogP contribution < -0.4 is 10.6 Å². The third-order valence-corrected chi connectivity index (χ3v) is 4.01. The molecule has 0 saturated carbocycles. The SMILES string of the molecule is CC(C(=O)NCCc1cc(Cl)cc(Cl)c1)C1CNC1.Cl. The number of carbonyl (C=O) groups excluding carboxylic acids is 1. The van der Waals surface area contributed by atoms with Gasteiger partial charge in [-0.2, -0.15) is 0 Å². The molecule has 1 heterocycles. The molecule has 0 spiro atoms. The molecule has 1 aliphatic heterocycles. The summed E-state index contributed by atoms with van der Waals surface area (Å²) in [4.78, 5) is 11.9. The number of hydrogen-bond acceptors (Lipinski definition) is 2. The van der Waals surface area contributed by atoms with E-state index in [1.807, 2.05) is 19.1 Å². The van der Waals surface area contributed by atoms with Crippen LogP contribution in [0.15, 0.2) is 18.2 Å². The maximum absolute atomic E-state index is 11.9. The fraction of sp³-hybridized carbons (Fsp3) is 0.500. The number of benzene rings is 1. The van der Waals surface area contributed by atoms with E-state index in [9.17, 15) is 4.79 Å². The molecular formula is C14H19Cl3N2O. The van der Waals surface area contributed by atoms with Crippen LogP contribution in [0.2, 0.25) is 10.0 Å². The van der Waals surface area contributed by atoms with Crippen LogP contribution in [0, 0.1) is 11.8 Å². The molecule has 0 bridgehead atoms. The summed E-state index contributed by atoms with van der Waals surface area (Å²) in [7, 11) is 0. The summed E-state index contributed by atoms with van der Waals surface area (Å²) in [6.45, 7) is 4.48. The number of halogens is 3. The average Bonchev–Trinajstić information content (AvgIpc) is 2.25. The Morgan fingerprint density at radius 1 is 1.35 bits per heavy atom. The summed E-state index contributed by atoms with van der Waals surface area (Å²) in [5.41, 5.74) is 1.04. The van der Waals surface area contributed by atoms with Crippen molar-refractivity contribution in [3.63, 3.8) is 0 Å². The van der Waals surface area contributed by atoms with E-state index in [0.717, 1.165) is 25.1 Å². The van der Waals surface area contributed by atoms with Crippen molar-refractivity contribution in [2.45, 2.75) is 13.3 Å². The fourth-order valence-corrected chi connectivity index (χ4v) is 2.70. The second-order valence-electron chi connectivity index (χ2n) is 5.03. The molecule has 1 unspecified atom stereocenters. The number of hydrogen-bond donors (Lipinski definition) is 2. The number of nitrogens with one attached hydrogen (secondary N) is 2. The third kappa shape index (κ3) is 4.81. The maximum atomic E-state index is 11.9. The van der Waals surface area contributed by atoms with Gasteiger partial charge in [0.05, 0.1) is 0 Å². The fourth-order valence-electron chi connectivity index (χ4n) is 2.12. The summed E-state index contributed by atoms with van der Waals surface area (Å²) >= 11 is 11.9. The summed E-state index contributed by atoms with van der Waals surface area (Å²) in [6, 6.07) is 5.45. The lowest BCUT2D eigenvalue weighted by Crippen LogP contribution is -2.49. The molecular weight excluding hydrogens is 319 g/mol. The molecule has 20 heavy (non-hydrogen) atoms. The van der Waals surface area contributed by atoms with E-state index in [0.29, 0.717) is 22.5 Å². The highest BCUT2D eigenvalue weighted by molar-refractivity contribution is 6.34. The first-order valence-electron chi connectivity index (χ1n) is 6.49. The van der Waals surface area contributed by atoms with Gasteiger partial charge in [0, 0.05) is 22.5 Å². The van der Waals surface area contributed by atoms with Crippen LogP contribution >= 0.6 is 35.6 Å². The summed E-state index contributed by atoms with van der Waals surface area (Å²) in [5, 5.41) is 7.40.